The van der Waals surface area contributed by atoms with Crippen LogP contribution in [0.2, 0.25) is 5.02 Å². The lowest BCUT2D eigenvalue weighted by atomic mass is 10.1. The van der Waals surface area contributed by atoms with Gasteiger partial charge in [0, 0.05) is 18.8 Å². The predicted octanol–water partition coefficient (Wildman–Crippen LogP) is 4.09. The van der Waals surface area contributed by atoms with E-state index in [1.54, 1.807) is 18.2 Å². The Balaban J connectivity index is 2.18. The van der Waals surface area contributed by atoms with Gasteiger partial charge in [0.15, 0.2) is 0 Å². The van der Waals surface area contributed by atoms with E-state index in [9.17, 15) is 4.39 Å². The first-order valence-electron chi connectivity index (χ1n) is 6.14. The molecule has 0 aromatic heterocycles. The Hall–Kier alpha value is -1.74. The van der Waals surface area contributed by atoms with Crippen molar-refractivity contribution in [1.29, 1.82) is 0 Å². The second-order valence-corrected chi connectivity index (χ2v) is 4.75. The first kappa shape index (κ1) is 13.7. The summed E-state index contributed by atoms with van der Waals surface area (Å²) in [4.78, 5) is 2.14. The van der Waals surface area contributed by atoms with Crippen molar-refractivity contribution in [2.45, 2.75) is 13.5 Å². The van der Waals surface area contributed by atoms with Gasteiger partial charge in [0.2, 0.25) is 0 Å². The third kappa shape index (κ3) is 3.38. The highest BCUT2D eigenvalue weighted by Gasteiger charge is 2.06. The summed E-state index contributed by atoms with van der Waals surface area (Å²) in [5.41, 5.74) is 8.44. The van der Waals surface area contributed by atoms with E-state index in [4.69, 9.17) is 17.3 Å². The molecule has 100 valence electrons. The molecular weight excluding hydrogens is 263 g/mol. The molecule has 4 heteroatoms. The van der Waals surface area contributed by atoms with E-state index in [1.807, 2.05) is 12.1 Å². The van der Waals surface area contributed by atoms with E-state index in [2.05, 4.69) is 11.8 Å². The minimum Gasteiger partial charge on any atom is -0.398 e. The van der Waals surface area contributed by atoms with E-state index >= 15 is 0 Å². The molecule has 0 fully saturated rings. The zero-order valence-electron chi connectivity index (χ0n) is 10.7. The molecule has 0 heterocycles. The number of hydrogen-bond acceptors (Lipinski definition) is 2. The van der Waals surface area contributed by atoms with Crippen molar-refractivity contribution in [2.75, 3.05) is 17.2 Å². The fourth-order valence-electron chi connectivity index (χ4n) is 1.95. The molecule has 2 nitrogen and oxygen atoms in total. The summed E-state index contributed by atoms with van der Waals surface area (Å²) in [7, 11) is 0. The van der Waals surface area contributed by atoms with Crippen LogP contribution in [0.3, 0.4) is 0 Å². The van der Waals surface area contributed by atoms with Crippen molar-refractivity contribution in [3.05, 3.63) is 58.9 Å². The summed E-state index contributed by atoms with van der Waals surface area (Å²) in [5.74, 6) is -0.226. The molecule has 0 bridgehead atoms. The summed E-state index contributed by atoms with van der Waals surface area (Å²) in [6.45, 7) is 3.60. The first-order chi connectivity index (χ1) is 9.10. The molecule has 0 atom stereocenters. The monoisotopic (exact) mass is 278 g/mol. The van der Waals surface area contributed by atoms with Crippen LogP contribution in [-0.2, 0) is 6.54 Å². The molecule has 0 aliphatic heterocycles. The summed E-state index contributed by atoms with van der Waals surface area (Å²) in [5, 5.41) is 0.564. The molecule has 0 saturated carbocycles. The molecular formula is C15H16ClFN2. The standard InChI is InChI=1S/C15H16ClFN2/c1-2-19(13-6-4-12(17)5-7-13)10-11-3-8-14(16)15(18)9-11/h3-9H,2,10,18H2,1H3. The molecule has 2 aromatic carbocycles. The van der Waals surface area contributed by atoms with E-state index in [-0.39, 0.29) is 5.82 Å². The Labute approximate surface area is 117 Å². The van der Waals surface area contributed by atoms with Gasteiger partial charge in [-0.15, -0.1) is 0 Å². The second-order valence-electron chi connectivity index (χ2n) is 4.35. The lowest BCUT2D eigenvalue weighted by Gasteiger charge is -2.23. The molecule has 0 unspecified atom stereocenters. The lowest BCUT2D eigenvalue weighted by Crippen LogP contribution is -2.21. The Morgan fingerprint density at radius 3 is 2.42 bits per heavy atom. The van der Waals surface area contributed by atoms with E-state index in [0.29, 0.717) is 17.3 Å². The average Bonchev–Trinajstić information content (AvgIpc) is 2.41. The highest BCUT2D eigenvalue weighted by molar-refractivity contribution is 6.33. The largest absolute Gasteiger partial charge is 0.398 e. The van der Waals surface area contributed by atoms with E-state index in [0.717, 1.165) is 17.8 Å². The number of nitrogens with zero attached hydrogens (tertiary/aromatic N) is 1. The van der Waals surface area contributed by atoms with Crippen molar-refractivity contribution in [1.82, 2.24) is 0 Å². The van der Waals surface area contributed by atoms with Crippen molar-refractivity contribution in [3.8, 4) is 0 Å². The minimum absolute atomic E-state index is 0.226. The van der Waals surface area contributed by atoms with E-state index in [1.165, 1.54) is 12.1 Å². The Morgan fingerprint density at radius 1 is 1.16 bits per heavy atom. The summed E-state index contributed by atoms with van der Waals surface area (Å²) < 4.78 is 12.9. The maximum absolute atomic E-state index is 12.9. The van der Waals surface area contributed by atoms with Crippen molar-refractivity contribution < 1.29 is 4.39 Å². The smallest absolute Gasteiger partial charge is 0.123 e. The molecule has 2 rings (SSSR count). The highest BCUT2D eigenvalue weighted by atomic mass is 35.5. The van der Waals surface area contributed by atoms with Crippen LogP contribution in [0.5, 0.6) is 0 Å². The molecule has 19 heavy (non-hydrogen) atoms. The van der Waals surface area contributed by atoms with E-state index < -0.39 is 0 Å². The number of benzene rings is 2. The van der Waals surface area contributed by atoms with Crippen LogP contribution in [0.1, 0.15) is 12.5 Å². The van der Waals surface area contributed by atoms with Crippen molar-refractivity contribution in [2.24, 2.45) is 0 Å². The van der Waals surface area contributed by atoms with Crippen LogP contribution in [0.25, 0.3) is 0 Å². The Morgan fingerprint density at radius 2 is 1.84 bits per heavy atom. The third-order valence-corrected chi connectivity index (χ3v) is 3.35. The normalized spacial score (nSPS) is 10.5. The summed E-state index contributed by atoms with van der Waals surface area (Å²) in [6, 6.07) is 12.1. The van der Waals surface area contributed by atoms with Crippen LogP contribution >= 0.6 is 11.6 Å². The molecule has 0 aliphatic carbocycles. The topological polar surface area (TPSA) is 29.3 Å². The maximum atomic E-state index is 12.9. The Kier molecular flexibility index (Phi) is 4.27. The van der Waals surface area contributed by atoms with Gasteiger partial charge < -0.3 is 10.6 Å². The number of halogens is 2. The van der Waals surface area contributed by atoms with Crippen LogP contribution in [0, 0.1) is 5.82 Å². The number of nitrogen functional groups attached to an aromatic ring is 1. The van der Waals surface area contributed by atoms with Gasteiger partial charge in [-0.25, -0.2) is 4.39 Å². The van der Waals surface area contributed by atoms with Gasteiger partial charge in [0.25, 0.3) is 0 Å². The van der Waals surface area contributed by atoms with Gasteiger partial charge in [-0.1, -0.05) is 17.7 Å². The van der Waals surface area contributed by atoms with Gasteiger partial charge >= 0.3 is 0 Å². The van der Waals surface area contributed by atoms with Crippen LogP contribution in [-0.4, -0.2) is 6.54 Å². The highest BCUT2D eigenvalue weighted by Crippen LogP contribution is 2.22. The SMILES string of the molecule is CCN(Cc1ccc(Cl)c(N)c1)c1ccc(F)cc1. The first-order valence-corrected chi connectivity index (χ1v) is 6.52. The zero-order valence-corrected chi connectivity index (χ0v) is 11.5. The fraction of sp³-hybridized carbons (Fsp3) is 0.200. The van der Waals surface area contributed by atoms with Crippen LogP contribution in [0.4, 0.5) is 15.8 Å². The summed E-state index contributed by atoms with van der Waals surface area (Å²) >= 11 is 5.91. The Bertz CT molecular complexity index is 555. The molecule has 0 amide bonds. The van der Waals surface area contributed by atoms with Gasteiger partial charge in [-0.3, -0.25) is 0 Å². The van der Waals surface area contributed by atoms with Gasteiger partial charge in [-0.05, 0) is 48.9 Å². The average molecular weight is 279 g/mol. The van der Waals surface area contributed by atoms with Crippen molar-refractivity contribution >= 4 is 23.0 Å². The molecule has 2 N–H and O–H groups in total. The van der Waals surface area contributed by atoms with Gasteiger partial charge in [-0.2, -0.15) is 0 Å². The van der Waals surface area contributed by atoms with Crippen LogP contribution < -0.4 is 10.6 Å². The molecule has 0 saturated heterocycles. The zero-order chi connectivity index (χ0) is 13.8. The quantitative estimate of drug-likeness (QED) is 0.854. The number of rotatable bonds is 4. The summed E-state index contributed by atoms with van der Waals surface area (Å²) in [6.07, 6.45) is 0. The third-order valence-electron chi connectivity index (χ3n) is 3.01. The molecule has 0 aliphatic rings. The fourth-order valence-corrected chi connectivity index (χ4v) is 2.07. The lowest BCUT2D eigenvalue weighted by molar-refractivity contribution is 0.627. The number of hydrogen-bond donors (Lipinski definition) is 1. The minimum atomic E-state index is -0.226. The van der Waals surface area contributed by atoms with Crippen LogP contribution in [0.15, 0.2) is 42.5 Å². The maximum Gasteiger partial charge on any atom is 0.123 e. The molecule has 2 aromatic rings. The molecule has 0 spiro atoms. The molecule has 0 radical (unpaired) electrons. The van der Waals surface area contributed by atoms with Crippen molar-refractivity contribution in [3.63, 3.8) is 0 Å². The number of nitrogens with two attached hydrogens (primary N) is 1. The predicted molar refractivity (Wildman–Crippen MR) is 79.0 cm³/mol. The van der Waals surface area contributed by atoms with Gasteiger partial charge in [0.1, 0.15) is 5.82 Å². The number of anilines is 2. The van der Waals surface area contributed by atoms with Gasteiger partial charge in [0.05, 0.1) is 10.7 Å². The second kappa shape index (κ2) is 5.93.